The van der Waals surface area contributed by atoms with E-state index in [1.54, 1.807) is 17.8 Å². The number of unbranched alkanes of at least 4 members (excludes halogenated alkanes) is 2. The summed E-state index contributed by atoms with van der Waals surface area (Å²) in [5, 5.41) is 14.6. The van der Waals surface area contributed by atoms with Crippen molar-refractivity contribution in [3.63, 3.8) is 0 Å². The van der Waals surface area contributed by atoms with E-state index >= 15 is 0 Å². The average molecular weight is 486 g/mol. The second kappa shape index (κ2) is 12.1. The van der Waals surface area contributed by atoms with Gasteiger partial charge < -0.3 is 15.4 Å². The van der Waals surface area contributed by atoms with E-state index in [1.807, 2.05) is 6.07 Å². The first-order valence-electron chi connectivity index (χ1n) is 12.1. The SMILES string of the molecule is CCc1c(C(C)C)[nH]c2c(CSCCNC(=O)CCCCCN3C(=O)C=CC3=O)c(O)ccc12. The summed E-state index contributed by atoms with van der Waals surface area (Å²) in [6, 6.07) is 3.78. The molecule has 8 heteroatoms. The first-order valence-corrected chi connectivity index (χ1v) is 13.2. The largest absolute Gasteiger partial charge is 0.508 e. The van der Waals surface area contributed by atoms with Gasteiger partial charge in [-0.25, -0.2) is 0 Å². The number of carbonyl (C=O) groups is 3. The van der Waals surface area contributed by atoms with Gasteiger partial charge in [0.1, 0.15) is 5.75 Å². The molecule has 3 N–H and O–H groups in total. The number of benzene rings is 1. The fourth-order valence-corrected chi connectivity index (χ4v) is 5.20. The van der Waals surface area contributed by atoms with Crippen molar-refractivity contribution in [2.45, 2.75) is 64.5 Å². The third kappa shape index (κ3) is 6.23. The Morgan fingerprint density at radius 1 is 1.12 bits per heavy atom. The van der Waals surface area contributed by atoms with Crippen LogP contribution in [0.3, 0.4) is 0 Å². The molecule has 7 nitrogen and oxygen atoms in total. The highest BCUT2D eigenvalue weighted by Gasteiger charge is 2.22. The van der Waals surface area contributed by atoms with Crippen LogP contribution in [0.5, 0.6) is 5.75 Å². The van der Waals surface area contributed by atoms with Gasteiger partial charge in [-0.3, -0.25) is 19.3 Å². The normalized spacial score (nSPS) is 13.6. The topological polar surface area (TPSA) is 103 Å². The zero-order valence-electron chi connectivity index (χ0n) is 20.3. The van der Waals surface area contributed by atoms with Crippen LogP contribution in [0.15, 0.2) is 24.3 Å². The fraction of sp³-hybridized carbons (Fsp3) is 0.500. The molecule has 0 bridgehead atoms. The van der Waals surface area contributed by atoms with Gasteiger partial charge in [-0.1, -0.05) is 27.2 Å². The maximum absolute atomic E-state index is 12.1. The Morgan fingerprint density at radius 2 is 1.85 bits per heavy atom. The third-order valence-electron chi connectivity index (χ3n) is 6.13. The number of aromatic amines is 1. The van der Waals surface area contributed by atoms with Crippen LogP contribution >= 0.6 is 11.8 Å². The van der Waals surface area contributed by atoms with Gasteiger partial charge in [-0.15, -0.1) is 0 Å². The Bertz CT molecular complexity index is 1060. The molecule has 0 aliphatic carbocycles. The fourth-order valence-electron chi connectivity index (χ4n) is 4.32. The number of aromatic nitrogens is 1. The van der Waals surface area contributed by atoms with E-state index in [4.69, 9.17) is 0 Å². The summed E-state index contributed by atoms with van der Waals surface area (Å²) < 4.78 is 0. The lowest BCUT2D eigenvalue weighted by Gasteiger charge is -2.13. The van der Waals surface area contributed by atoms with E-state index in [1.165, 1.54) is 33.7 Å². The van der Waals surface area contributed by atoms with Gasteiger partial charge in [0.2, 0.25) is 5.91 Å². The number of fused-ring (bicyclic) bond motifs is 1. The number of nitrogens with zero attached hydrogens (tertiary/aromatic N) is 1. The zero-order chi connectivity index (χ0) is 24.7. The van der Waals surface area contributed by atoms with E-state index in [9.17, 15) is 19.5 Å². The van der Waals surface area contributed by atoms with Gasteiger partial charge in [0.15, 0.2) is 0 Å². The molecule has 1 aromatic heterocycles. The number of phenolic OH excluding ortho intramolecular Hbond substituents is 1. The van der Waals surface area contributed by atoms with Crippen molar-refractivity contribution in [1.82, 2.24) is 15.2 Å². The molecule has 1 aliphatic rings. The van der Waals surface area contributed by atoms with Crippen LogP contribution in [0.2, 0.25) is 0 Å². The van der Waals surface area contributed by atoms with Gasteiger partial charge >= 0.3 is 0 Å². The second-order valence-electron chi connectivity index (χ2n) is 8.89. The Balaban J connectivity index is 1.37. The highest BCUT2D eigenvalue weighted by Crippen LogP contribution is 2.35. The van der Waals surface area contributed by atoms with Crippen molar-refractivity contribution < 1.29 is 19.5 Å². The number of aromatic hydroxyl groups is 1. The lowest BCUT2D eigenvalue weighted by Crippen LogP contribution is -2.30. The number of H-pyrrole nitrogens is 1. The molecule has 3 amide bonds. The summed E-state index contributed by atoms with van der Waals surface area (Å²) in [5.41, 5.74) is 4.49. The number of amides is 3. The molecule has 0 radical (unpaired) electrons. The van der Waals surface area contributed by atoms with Crippen LogP contribution in [0.4, 0.5) is 0 Å². The van der Waals surface area contributed by atoms with Crippen molar-refractivity contribution in [1.29, 1.82) is 0 Å². The van der Waals surface area contributed by atoms with Gasteiger partial charge in [0, 0.05) is 59.8 Å². The number of aryl methyl sites for hydroxylation is 1. The van der Waals surface area contributed by atoms with Crippen molar-refractivity contribution in [3.8, 4) is 5.75 Å². The van der Waals surface area contributed by atoms with E-state index in [0.717, 1.165) is 36.1 Å². The summed E-state index contributed by atoms with van der Waals surface area (Å²) in [7, 11) is 0. The molecule has 0 saturated carbocycles. The predicted octanol–water partition coefficient (Wildman–Crippen LogP) is 4.39. The van der Waals surface area contributed by atoms with E-state index in [2.05, 4.69) is 31.1 Å². The highest BCUT2D eigenvalue weighted by atomic mass is 32.2. The summed E-state index contributed by atoms with van der Waals surface area (Å²) in [6.07, 6.45) is 6.18. The number of hydrogen-bond donors (Lipinski definition) is 3. The van der Waals surface area contributed by atoms with Gasteiger partial charge in [-0.2, -0.15) is 11.8 Å². The average Bonchev–Trinajstić information content (AvgIpc) is 3.34. The first-order chi connectivity index (χ1) is 16.3. The number of thioether (sulfide) groups is 1. The quantitative estimate of drug-likeness (QED) is 0.288. The van der Waals surface area contributed by atoms with Gasteiger partial charge in [-0.05, 0) is 42.9 Å². The minimum atomic E-state index is -0.257. The smallest absolute Gasteiger partial charge is 0.253 e. The molecule has 0 unspecified atom stereocenters. The molecule has 1 aliphatic heterocycles. The Morgan fingerprint density at radius 3 is 2.53 bits per heavy atom. The summed E-state index contributed by atoms with van der Waals surface area (Å²) in [5.74, 6) is 1.62. The third-order valence-corrected chi connectivity index (χ3v) is 7.12. The summed E-state index contributed by atoms with van der Waals surface area (Å²) >= 11 is 1.68. The molecule has 0 spiro atoms. The monoisotopic (exact) mass is 485 g/mol. The van der Waals surface area contributed by atoms with E-state index < -0.39 is 0 Å². The van der Waals surface area contributed by atoms with Crippen molar-refractivity contribution >= 4 is 40.4 Å². The summed E-state index contributed by atoms with van der Waals surface area (Å²) in [6.45, 7) is 7.49. The van der Waals surface area contributed by atoms with Gasteiger partial charge in [0.25, 0.3) is 11.8 Å². The lowest BCUT2D eigenvalue weighted by atomic mass is 10.0. The molecule has 0 saturated heterocycles. The van der Waals surface area contributed by atoms with Crippen LogP contribution < -0.4 is 5.32 Å². The van der Waals surface area contributed by atoms with Crippen LogP contribution in [-0.4, -0.2) is 51.6 Å². The van der Waals surface area contributed by atoms with Gasteiger partial charge in [0.05, 0.1) is 5.52 Å². The van der Waals surface area contributed by atoms with Crippen LogP contribution in [0, 0.1) is 0 Å². The number of carbonyl (C=O) groups excluding carboxylic acids is 3. The summed E-state index contributed by atoms with van der Waals surface area (Å²) in [4.78, 5) is 39.8. The van der Waals surface area contributed by atoms with Crippen LogP contribution in [0.25, 0.3) is 10.9 Å². The Hall–Kier alpha value is -2.74. The second-order valence-corrected chi connectivity index (χ2v) is 9.99. The number of rotatable bonds is 13. The molecule has 0 atom stereocenters. The maximum Gasteiger partial charge on any atom is 0.253 e. The van der Waals surface area contributed by atoms with Crippen molar-refractivity contribution in [3.05, 3.63) is 41.1 Å². The number of nitrogens with one attached hydrogen (secondary N) is 2. The molecule has 1 aromatic carbocycles. The molecule has 0 fully saturated rings. The number of imide groups is 1. The van der Waals surface area contributed by atoms with Crippen LogP contribution in [-0.2, 0) is 26.6 Å². The Kier molecular flexibility index (Phi) is 9.21. The molecule has 34 heavy (non-hydrogen) atoms. The number of phenols is 1. The molecule has 184 valence electrons. The molecular formula is C26H35N3O4S. The standard InChI is InChI=1S/C26H35N3O4S/c1-4-18-19-9-10-21(30)20(26(19)28-25(18)17(2)3)16-34-15-13-27-22(31)8-6-5-7-14-29-23(32)11-12-24(29)33/h9-12,17,28,30H,4-8,13-16H2,1-3H3,(H,27,31). The van der Waals surface area contributed by atoms with Crippen molar-refractivity contribution in [2.24, 2.45) is 0 Å². The predicted molar refractivity (Wildman–Crippen MR) is 137 cm³/mol. The lowest BCUT2D eigenvalue weighted by molar-refractivity contribution is -0.136. The molecular weight excluding hydrogens is 450 g/mol. The molecule has 3 rings (SSSR count). The Labute approximate surface area is 205 Å². The minimum absolute atomic E-state index is 0.0130. The molecule has 2 heterocycles. The number of hydrogen-bond acceptors (Lipinski definition) is 5. The maximum atomic E-state index is 12.1. The molecule has 2 aromatic rings. The van der Waals surface area contributed by atoms with E-state index in [-0.39, 0.29) is 17.7 Å². The van der Waals surface area contributed by atoms with E-state index in [0.29, 0.717) is 43.4 Å². The first kappa shape index (κ1) is 25.9. The van der Waals surface area contributed by atoms with Crippen LogP contribution in [0.1, 0.15) is 69.2 Å². The zero-order valence-corrected chi connectivity index (χ0v) is 21.1. The van der Waals surface area contributed by atoms with Crippen molar-refractivity contribution in [2.75, 3.05) is 18.8 Å². The minimum Gasteiger partial charge on any atom is -0.508 e. The highest BCUT2D eigenvalue weighted by molar-refractivity contribution is 7.98.